The summed E-state index contributed by atoms with van der Waals surface area (Å²) < 4.78 is 0. The molecule has 132 valence electrons. The number of aromatic nitrogens is 3. The molecular formula is C20H26N4O. The smallest absolute Gasteiger partial charge is 0.246 e. The average Bonchev–Trinajstić information content (AvgIpc) is 2.86. The number of hydrogen-bond acceptors (Lipinski definition) is 3. The lowest BCUT2D eigenvalue weighted by Gasteiger charge is -2.31. The van der Waals surface area contributed by atoms with Crippen LogP contribution in [0.5, 0.6) is 0 Å². The highest BCUT2D eigenvalue weighted by molar-refractivity contribution is 5.87. The number of rotatable bonds is 5. The van der Waals surface area contributed by atoms with Crippen molar-refractivity contribution in [3.8, 4) is 0 Å². The fourth-order valence-corrected chi connectivity index (χ4v) is 3.59. The maximum atomic E-state index is 12.7. The van der Waals surface area contributed by atoms with Crippen LogP contribution in [0.3, 0.4) is 0 Å². The monoisotopic (exact) mass is 338 g/mol. The van der Waals surface area contributed by atoms with Crippen LogP contribution in [-0.4, -0.2) is 25.8 Å². The zero-order valence-corrected chi connectivity index (χ0v) is 15.1. The summed E-state index contributed by atoms with van der Waals surface area (Å²) in [6.45, 7) is 8.86. The summed E-state index contributed by atoms with van der Waals surface area (Å²) in [5, 5.41) is 8.95. The van der Waals surface area contributed by atoms with Gasteiger partial charge in [0.1, 0.15) is 5.69 Å². The highest BCUT2D eigenvalue weighted by Gasteiger charge is 2.28. The molecule has 0 spiro atoms. The minimum atomic E-state index is -0.0489. The number of nitrogens with zero attached hydrogens (tertiary/aromatic N) is 4. The topological polar surface area (TPSA) is 51.0 Å². The second-order valence-corrected chi connectivity index (χ2v) is 6.55. The van der Waals surface area contributed by atoms with Gasteiger partial charge in [0.2, 0.25) is 5.91 Å². The molecule has 1 aromatic carbocycles. The number of carbonyl (C=O) groups is 1. The van der Waals surface area contributed by atoms with Crippen molar-refractivity contribution in [2.24, 2.45) is 0 Å². The summed E-state index contributed by atoms with van der Waals surface area (Å²) in [7, 11) is 0. The lowest BCUT2D eigenvalue weighted by Crippen LogP contribution is -2.33. The second kappa shape index (κ2) is 7.64. The number of benzene rings is 1. The van der Waals surface area contributed by atoms with Crippen molar-refractivity contribution in [2.75, 3.05) is 0 Å². The number of hydrogen-bond donors (Lipinski definition) is 0. The van der Waals surface area contributed by atoms with Crippen LogP contribution in [0.15, 0.2) is 36.9 Å². The van der Waals surface area contributed by atoms with E-state index in [2.05, 4.69) is 41.0 Å². The molecule has 0 radical (unpaired) electrons. The second-order valence-electron chi connectivity index (χ2n) is 6.55. The molecule has 0 saturated heterocycles. The molecular weight excluding hydrogens is 312 g/mol. The zero-order valence-electron chi connectivity index (χ0n) is 15.1. The summed E-state index contributed by atoms with van der Waals surface area (Å²) in [5.74, 6) is -0.0489. The van der Waals surface area contributed by atoms with E-state index in [1.807, 2.05) is 18.7 Å². The van der Waals surface area contributed by atoms with Gasteiger partial charge in [0, 0.05) is 0 Å². The molecule has 1 atom stereocenters. The van der Waals surface area contributed by atoms with Gasteiger partial charge in [-0.15, -0.1) is 0 Å². The van der Waals surface area contributed by atoms with Gasteiger partial charge in [0.05, 0.1) is 24.8 Å². The van der Waals surface area contributed by atoms with Crippen molar-refractivity contribution in [1.29, 1.82) is 0 Å². The molecule has 5 heteroatoms. The number of carbonyl (C=O) groups excluding carboxylic acids is 1. The maximum Gasteiger partial charge on any atom is 0.246 e. The third-order valence-corrected chi connectivity index (χ3v) is 4.94. The fraction of sp³-hybridized carbons (Fsp3) is 0.450. The molecule has 1 unspecified atom stereocenters. The Hall–Kier alpha value is -2.43. The van der Waals surface area contributed by atoms with Crippen molar-refractivity contribution < 1.29 is 4.79 Å². The minimum absolute atomic E-state index is 0.0489. The Balaban J connectivity index is 1.97. The van der Waals surface area contributed by atoms with Gasteiger partial charge in [-0.05, 0) is 50.3 Å². The lowest BCUT2D eigenvalue weighted by atomic mass is 9.97. The Morgan fingerprint density at radius 3 is 2.88 bits per heavy atom. The van der Waals surface area contributed by atoms with Crippen LogP contribution < -0.4 is 0 Å². The van der Waals surface area contributed by atoms with Crippen molar-refractivity contribution in [2.45, 2.75) is 58.7 Å². The van der Waals surface area contributed by atoms with Gasteiger partial charge in [-0.3, -0.25) is 4.79 Å². The minimum Gasteiger partial charge on any atom is -0.326 e. The molecule has 0 saturated carbocycles. The molecule has 0 N–H and O–H groups in total. The summed E-state index contributed by atoms with van der Waals surface area (Å²) in [5.41, 5.74) is 4.35. The summed E-state index contributed by atoms with van der Waals surface area (Å²) >= 11 is 0. The van der Waals surface area contributed by atoms with Gasteiger partial charge < -0.3 is 4.90 Å². The summed E-state index contributed by atoms with van der Waals surface area (Å²) in [6, 6.07) is 8.55. The van der Waals surface area contributed by atoms with Crippen molar-refractivity contribution in [3.63, 3.8) is 0 Å². The van der Waals surface area contributed by atoms with Crippen molar-refractivity contribution >= 4 is 5.91 Å². The average molecular weight is 338 g/mol. The first-order chi connectivity index (χ1) is 12.1. The Bertz CT molecular complexity index is 765. The highest BCUT2D eigenvalue weighted by atomic mass is 16.2. The lowest BCUT2D eigenvalue weighted by molar-refractivity contribution is -0.129. The Kier molecular flexibility index (Phi) is 5.31. The van der Waals surface area contributed by atoms with E-state index in [0.29, 0.717) is 6.54 Å². The normalized spacial score (nSPS) is 16.8. The number of aryl methyl sites for hydroxylation is 3. The predicted molar refractivity (Wildman–Crippen MR) is 97.9 cm³/mol. The standard InChI is InChI=1S/C20H26N4O/c1-4-20(25)23(14-18-15(3)21-24(5-2)22-18)19-13-9-7-11-16-10-6-8-12-17(16)19/h4,6,8,10,12,19H,1,5,7,9,11,13-14H2,2-3H3. The predicted octanol–water partition coefficient (Wildman–Crippen LogP) is 3.59. The van der Waals surface area contributed by atoms with Crippen molar-refractivity contribution in [3.05, 3.63) is 59.4 Å². The van der Waals surface area contributed by atoms with Gasteiger partial charge in [0.15, 0.2) is 0 Å². The molecule has 25 heavy (non-hydrogen) atoms. The van der Waals surface area contributed by atoms with E-state index in [1.54, 1.807) is 4.80 Å². The van der Waals surface area contributed by atoms with E-state index in [0.717, 1.165) is 43.6 Å². The first kappa shape index (κ1) is 17.4. The van der Waals surface area contributed by atoms with Crippen LogP contribution in [0.1, 0.15) is 54.7 Å². The third-order valence-electron chi connectivity index (χ3n) is 4.94. The molecule has 3 rings (SSSR count). The van der Waals surface area contributed by atoms with Gasteiger partial charge in [0.25, 0.3) is 0 Å². The Morgan fingerprint density at radius 2 is 2.16 bits per heavy atom. The number of fused-ring (bicyclic) bond motifs is 1. The largest absolute Gasteiger partial charge is 0.326 e. The molecule has 0 bridgehead atoms. The van der Waals surface area contributed by atoms with E-state index in [4.69, 9.17) is 0 Å². The molecule has 1 amide bonds. The summed E-state index contributed by atoms with van der Waals surface area (Å²) in [4.78, 5) is 16.3. The van der Waals surface area contributed by atoms with Crippen LogP contribution in [0.2, 0.25) is 0 Å². The zero-order chi connectivity index (χ0) is 17.8. The van der Waals surface area contributed by atoms with E-state index in [-0.39, 0.29) is 11.9 Å². The SMILES string of the molecule is C=CC(=O)N(Cc1nn(CC)nc1C)C1CCCCc2ccccc21. The van der Waals surface area contributed by atoms with Crippen LogP contribution in [-0.2, 0) is 24.3 Å². The maximum absolute atomic E-state index is 12.7. The fourth-order valence-electron chi connectivity index (χ4n) is 3.59. The van der Waals surface area contributed by atoms with Gasteiger partial charge in [-0.2, -0.15) is 15.0 Å². The first-order valence-electron chi connectivity index (χ1n) is 9.05. The first-order valence-corrected chi connectivity index (χ1v) is 9.05. The van der Waals surface area contributed by atoms with E-state index in [9.17, 15) is 4.79 Å². The van der Waals surface area contributed by atoms with Gasteiger partial charge in [-0.1, -0.05) is 37.3 Å². The molecule has 1 heterocycles. The molecule has 5 nitrogen and oxygen atoms in total. The Morgan fingerprint density at radius 1 is 1.36 bits per heavy atom. The van der Waals surface area contributed by atoms with E-state index < -0.39 is 0 Å². The van der Waals surface area contributed by atoms with Crippen molar-refractivity contribution in [1.82, 2.24) is 19.9 Å². The third kappa shape index (κ3) is 3.65. The van der Waals surface area contributed by atoms with E-state index in [1.165, 1.54) is 17.2 Å². The molecule has 1 aliphatic carbocycles. The van der Waals surface area contributed by atoms with E-state index >= 15 is 0 Å². The van der Waals surface area contributed by atoms with Crippen LogP contribution in [0.25, 0.3) is 0 Å². The quantitative estimate of drug-likeness (QED) is 0.618. The highest BCUT2D eigenvalue weighted by Crippen LogP contribution is 2.34. The van der Waals surface area contributed by atoms with Crippen LogP contribution in [0.4, 0.5) is 0 Å². The molecule has 0 aliphatic heterocycles. The van der Waals surface area contributed by atoms with Gasteiger partial charge >= 0.3 is 0 Å². The molecule has 0 fully saturated rings. The Labute approximate surface area is 149 Å². The van der Waals surface area contributed by atoms with Crippen LogP contribution in [0, 0.1) is 6.92 Å². The summed E-state index contributed by atoms with van der Waals surface area (Å²) in [6.07, 6.45) is 5.73. The number of amides is 1. The molecule has 1 aliphatic rings. The van der Waals surface area contributed by atoms with Crippen LogP contribution >= 0.6 is 0 Å². The van der Waals surface area contributed by atoms with Gasteiger partial charge in [-0.25, -0.2) is 0 Å². The molecule has 2 aromatic rings. The molecule has 1 aromatic heterocycles.